The second-order valence-electron chi connectivity index (χ2n) is 4.12. The average molecular weight is 185 g/mol. The number of carbonyl (C=O) groups is 1. The molecule has 1 aliphatic rings. The van der Waals surface area contributed by atoms with E-state index in [-0.39, 0.29) is 12.0 Å². The lowest BCUT2D eigenvalue weighted by Gasteiger charge is -2.29. The highest BCUT2D eigenvalue weighted by molar-refractivity contribution is 5.71. The van der Waals surface area contributed by atoms with Crippen LogP contribution in [0.5, 0.6) is 0 Å². The molecule has 0 spiro atoms. The maximum absolute atomic E-state index is 11.0. The highest BCUT2D eigenvalue weighted by Crippen LogP contribution is 2.31. The van der Waals surface area contributed by atoms with Gasteiger partial charge in [-0.05, 0) is 25.7 Å². The number of hydrogen-bond donors (Lipinski definition) is 2. The molecule has 0 saturated heterocycles. The van der Waals surface area contributed by atoms with E-state index in [1.165, 1.54) is 19.3 Å². The number of rotatable bonds is 3. The molecule has 0 radical (unpaired) electrons. The largest absolute Gasteiger partial charge is 0.481 e. The van der Waals surface area contributed by atoms with E-state index >= 15 is 0 Å². The summed E-state index contributed by atoms with van der Waals surface area (Å²) in [4.78, 5) is 11.0. The van der Waals surface area contributed by atoms with Crippen LogP contribution in [0.3, 0.4) is 0 Å². The van der Waals surface area contributed by atoms with E-state index in [0.717, 1.165) is 12.8 Å². The Bertz CT molecular complexity index is 174. The molecular weight excluding hydrogens is 166 g/mol. The quantitative estimate of drug-likeness (QED) is 0.702. The van der Waals surface area contributed by atoms with Crippen LogP contribution < -0.4 is 5.73 Å². The van der Waals surface area contributed by atoms with E-state index in [1.54, 1.807) is 6.92 Å². The minimum absolute atomic E-state index is 0.222. The monoisotopic (exact) mass is 185 g/mol. The van der Waals surface area contributed by atoms with Gasteiger partial charge in [-0.1, -0.05) is 19.3 Å². The summed E-state index contributed by atoms with van der Waals surface area (Å²) < 4.78 is 0. The zero-order valence-corrected chi connectivity index (χ0v) is 8.20. The summed E-state index contributed by atoms with van der Waals surface area (Å²) in [6.45, 7) is 1.80. The van der Waals surface area contributed by atoms with Crippen molar-refractivity contribution in [2.45, 2.75) is 45.1 Å². The third kappa shape index (κ3) is 2.69. The van der Waals surface area contributed by atoms with Gasteiger partial charge in [0.1, 0.15) is 0 Å². The van der Waals surface area contributed by atoms with Gasteiger partial charge in [-0.3, -0.25) is 4.79 Å². The smallest absolute Gasteiger partial charge is 0.308 e. The molecule has 3 heteroatoms. The van der Waals surface area contributed by atoms with E-state index in [1.807, 2.05) is 0 Å². The van der Waals surface area contributed by atoms with Crippen molar-refractivity contribution >= 4 is 5.97 Å². The predicted octanol–water partition coefficient (Wildman–Crippen LogP) is 1.61. The second kappa shape index (κ2) is 4.61. The summed E-state index contributed by atoms with van der Waals surface area (Å²) in [5, 5.41) is 9.02. The molecule has 0 aromatic rings. The van der Waals surface area contributed by atoms with Crippen LogP contribution in [-0.2, 0) is 4.79 Å². The molecule has 0 heterocycles. The van der Waals surface area contributed by atoms with E-state index in [4.69, 9.17) is 10.8 Å². The lowest BCUT2D eigenvalue weighted by atomic mass is 9.77. The lowest BCUT2D eigenvalue weighted by molar-refractivity contribution is -0.144. The fourth-order valence-corrected chi connectivity index (χ4v) is 2.35. The Labute approximate surface area is 79.3 Å². The van der Waals surface area contributed by atoms with Crippen LogP contribution in [0, 0.1) is 11.8 Å². The summed E-state index contributed by atoms with van der Waals surface area (Å²) in [5.41, 5.74) is 5.69. The highest BCUT2D eigenvalue weighted by Gasteiger charge is 2.31. The number of nitrogens with two attached hydrogens (primary N) is 1. The minimum Gasteiger partial charge on any atom is -0.481 e. The van der Waals surface area contributed by atoms with Gasteiger partial charge in [-0.2, -0.15) is 0 Å². The lowest BCUT2D eigenvalue weighted by Crippen LogP contribution is -2.39. The van der Waals surface area contributed by atoms with Crippen LogP contribution in [0.4, 0.5) is 0 Å². The third-order valence-electron chi connectivity index (χ3n) is 3.01. The molecule has 0 amide bonds. The molecule has 1 aliphatic carbocycles. The molecule has 3 N–H and O–H groups in total. The normalized spacial score (nSPS) is 23.8. The molecule has 3 nitrogen and oxygen atoms in total. The molecular formula is C10H19NO2. The van der Waals surface area contributed by atoms with E-state index in [0.29, 0.717) is 5.92 Å². The van der Waals surface area contributed by atoms with E-state index in [9.17, 15) is 4.79 Å². The van der Waals surface area contributed by atoms with Gasteiger partial charge in [0.2, 0.25) is 0 Å². The van der Waals surface area contributed by atoms with Crippen molar-refractivity contribution in [3.8, 4) is 0 Å². The van der Waals surface area contributed by atoms with Crippen LogP contribution in [0.15, 0.2) is 0 Å². The predicted molar refractivity (Wildman–Crippen MR) is 51.4 cm³/mol. The van der Waals surface area contributed by atoms with Crippen molar-refractivity contribution in [1.82, 2.24) is 0 Å². The molecule has 0 bridgehead atoms. The van der Waals surface area contributed by atoms with Gasteiger partial charge >= 0.3 is 5.97 Å². The number of hydrogen-bond acceptors (Lipinski definition) is 2. The summed E-state index contributed by atoms with van der Waals surface area (Å²) in [5.74, 6) is -0.742. The molecule has 0 aliphatic heterocycles. The van der Waals surface area contributed by atoms with Crippen molar-refractivity contribution in [2.24, 2.45) is 17.6 Å². The second-order valence-corrected chi connectivity index (χ2v) is 4.12. The van der Waals surface area contributed by atoms with Crippen LogP contribution in [-0.4, -0.2) is 17.1 Å². The zero-order valence-electron chi connectivity index (χ0n) is 8.20. The Morgan fingerprint density at radius 1 is 1.38 bits per heavy atom. The van der Waals surface area contributed by atoms with Gasteiger partial charge in [0.05, 0.1) is 5.92 Å². The molecule has 0 aromatic heterocycles. The van der Waals surface area contributed by atoms with E-state index in [2.05, 4.69) is 0 Å². The van der Waals surface area contributed by atoms with Crippen molar-refractivity contribution < 1.29 is 9.90 Å². The Kier molecular flexibility index (Phi) is 3.72. The Balaban J connectivity index is 2.57. The van der Waals surface area contributed by atoms with Gasteiger partial charge in [0.15, 0.2) is 0 Å². The molecule has 1 saturated carbocycles. The van der Waals surface area contributed by atoms with Crippen LogP contribution in [0.1, 0.15) is 39.0 Å². The fourth-order valence-electron chi connectivity index (χ4n) is 2.35. The van der Waals surface area contributed by atoms with Crippen LogP contribution in [0.25, 0.3) is 0 Å². The standard InChI is InChI=1S/C10H19NO2/c1-7(11)9(10(12)13)8-5-3-2-4-6-8/h7-9H,2-6,11H2,1H3,(H,12,13). The molecule has 13 heavy (non-hydrogen) atoms. The fraction of sp³-hybridized carbons (Fsp3) is 0.900. The molecule has 2 unspecified atom stereocenters. The first-order valence-electron chi connectivity index (χ1n) is 5.11. The molecule has 1 fully saturated rings. The summed E-state index contributed by atoms with van der Waals surface area (Å²) in [6.07, 6.45) is 5.67. The van der Waals surface area contributed by atoms with Gasteiger partial charge in [0.25, 0.3) is 0 Å². The molecule has 1 rings (SSSR count). The molecule has 0 aromatic carbocycles. The van der Waals surface area contributed by atoms with Crippen LogP contribution >= 0.6 is 0 Å². The van der Waals surface area contributed by atoms with Gasteiger partial charge in [-0.25, -0.2) is 0 Å². The minimum atomic E-state index is -0.720. The number of carboxylic acid groups (broad SMARTS) is 1. The van der Waals surface area contributed by atoms with Crippen molar-refractivity contribution in [3.63, 3.8) is 0 Å². The van der Waals surface area contributed by atoms with E-state index < -0.39 is 5.97 Å². The zero-order chi connectivity index (χ0) is 9.84. The van der Waals surface area contributed by atoms with Gasteiger partial charge < -0.3 is 10.8 Å². The molecule has 2 atom stereocenters. The Morgan fingerprint density at radius 2 is 1.92 bits per heavy atom. The average Bonchev–Trinajstić information content (AvgIpc) is 2.04. The first-order chi connectivity index (χ1) is 6.13. The SMILES string of the molecule is CC(N)C(C(=O)O)C1CCCCC1. The first-order valence-corrected chi connectivity index (χ1v) is 5.11. The maximum atomic E-state index is 11.0. The number of aliphatic carboxylic acids is 1. The van der Waals surface area contributed by atoms with Gasteiger partial charge in [0, 0.05) is 6.04 Å². The molecule has 76 valence electrons. The Hall–Kier alpha value is -0.570. The van der Waals surface area contributed by atoms with Gasteiger partial charge in [-0.15, -0.1) is 0 Å². The Morgan fingerprint density at radius 3 is 2.31 bits per heavy atom. The topological polar surface area (TPSA) is 63.3 Å². The number of carboxylic acids is 1. The summed E-state index contributed by atoms with van der Waals surface area (Å²) in [6, 6.07) is -0.222. The summed E-state index contributed by atoms with van der Waals surface area (Å²) in [7, 11) is 0. The highest BCUT2D eigenvalue weighted by atomic mass is 16.4. The third-order valence-corrected chi connectivity index (χ3v) is 3.01. The van der Waals surface area contributed by atoms with Crippen molar-refractivity contribution in [3.05, 3.63) is 0 Å². The van der Waals surface area contributed by atoms with Crippen molar-refractivity contribution in [2.75, 3.05) is 0 Å². The maximum Gasteiger partial charge on any atom is 0.308 e. The first kappa shape index (κ1) is 10.5. The van der Waals surface area contributed by atoms with Crippen molar-refractivity contribution in [1.29, 1.82) is 0 Å². The summed E-state index contributed by atoms with van der Waals surface area (Å²) >= 11 is 0. The van der Waals surface area contributed by atoms with Crippen LogP contribution in [0.2, 0.25) is 0 Å².